The van der Waals surface area contributed by atoms with E-state index in [1.807, 2.05) is 6.07 Å². The largest absolute Gasteiger partial charge is 0.480 e. The van der Waals surface area contributed by atoms with Gasteiger partial charge in [0.2, 0.25) is 17.7 Å². The lowest BCUT2D eigenvalue weighted by molar-refractivity contribution is -0.159. The highest BCUT2D eigenvalue weighted by Crippen LogP contribution is 2.24. The zero-order valence-electron chi connectivity index (χ0n) is 22.5. The van der Waals surface area contributed by atoms with Gasteiger partial charge in [-0.1, -0.05) is 42.5 Å². The number of esters is 1. The van der Waals surface area contributed by atoms with Crippen molar-refractivity contribution in [2.24, 2.45) is 0 Å². The fourth-order valence-electron chi connectivity index (χ4n) is 4.28. The van der Waals surface area contributed by atoms with Crippen LogP contribution in [0.4, 0.5) is 5.69 Å². The molecular weight excluding hydrogens is 536 g/mol. The van der Waals surface area contributed by atoms with Gasteiger partial charge in [-0.15, -0.1) is 0 Å². The number of anilines is 1. The van der Waals surface area contributed by atoms with E-state index in [0.717, 1.165) is 17.6 Å². The molecule has 0 radical (unpaired) electrons. The van der Waals surface area contributed by atoms with Gasteiger partial charge in [0.1, 0.15) is 17.8 Å². The molecule has 0 unspecified atom stereocenters. The molecule has 1 aliphatic heterocycles. The molecule has 2 atom stereocenters. The fraction of sp³-hybridized carbons (Fsp3) is 0.357. The lowest BCUT2D eigenvalue weighted by Crippen LogP contribution is -2.54. The average Bonchev–Trinajstić information content (AvgIpc) is 3.46. The normalized spacial score (nSPS) is 14.9. The van der Waals surface area contributed by atoms with Gasteiger partial charge >= 0.3 is 17.8 Å². The van der Waals surface area contributed by atoms with Crippen LogP contribution in [-0.2, 0) is 39.9 Å². The molecule has 1 heterocycles. The summed E-state index contributed by atoms with van der Waals surface area (Å²) in [7, 11) is 1.08. The number of carboxylic acids is 1. The third-order valence-electron chi connectivity index (χ3n) is 6.26. The number of aliphatic carboxylic acids is 1. The summed E-state index contributed by atoms with van der Waals surface area (Å²) in [4.78, 5) is 74.8. The van der Waals surface area contributed by atoms with E-state index in [2.05, 4.69) is 20.7 Å². The number of hydrogen-bond acceptors (Lipinski definition) is 8. The van der Waals surface area contributed by atoms with Crippen LogP contribution in [0.3, 0.4) is 0 Å². The number of rotatable bonds is 12. The molecule has 0 aliphatic carbocycles. The first-order valence-corrected chi connectivity index (χ1v) is 12.9. The number of carbonyl (C=O) groups excluding carboxylic acids is 5. The first-order chi connectivity index (χ1) is 19.7. The summed E-state index contributed by atoms with van der Waals surface area (Å²) in [5.41, 5.74) is 1.06. The minimum Gasteiger partial charge on any atom is -0.480 e. The number of para-hydroxylation sites is 2. The molecular formula is C28H32N4O9. The van der Waals surface area contributed by atoms with Crippen molar-refractivity contribution < 1.29 is 43.3 Å². The minimum absolute atomic E-state index is 0.0552. The Hall–Kier alpha value is -4.94. The molecule has 13 heteroatoms. The third-order valence-corrected chi connectivity index (χ3v) is 6.26. The van der Waals surface area contributed by atoms with Crippen LogP contribution >= 0.6 is 0 Å². The van der Waals surface area contributed by atoms with Crippen molar-refractivity contribution in [2.45, 2.75) is 37.8 Å². The maximum absolute atomic E-state index is 13.1. The molecule has 13 nitrogen and oxygen atoms in total. The van der Waals surface area contributed by atoms with Gasteiger partial charge in [-0.2, -0.15) is 0 Å². The number of ether oxygens (including phenoxy) is 2. The summed E-state index contributed by atoms with van der Waals surface area (Å²) in [5, 5.41) is 16.8. The van der Waals surface area contributed by atoms with Crippen molar-refractivity contribution in [1.29, 1.82) is 0 Å². The second-order valence-electron chi connectivity index (χ2n) is 9.17. The summed E-state index contributed by atoms with van der Waals surface area (Å²) < 4.78 is 9.67. The molecule has 1 fully saturated rings. The Kier molecular flexibility index (Phi) is 11.2. The summed E-state index contributed by atoms with van der Waals surface area (Å²) >= 11 is 0. The zero-order valence-corrected chi connectivity index (χ0v) is 22.5. The summed E-state index contributed by atoms with van der Waals surface area (Å²) in [6.45, 7) is -0.422. The predicted octanol–water partition coefficient (Wildman–Crippen LogP) is 0.486. The first kappa shape index (κ1) is 30.6. The minimum atomic E-state index is -1.17. The van der Waals surface area contributed by atoms with Crippen molar-refractivity contribution in [3.63, 3.8) is 0 Å². The van der Waals surface area contributed by atoms with Gasteiger partial charge in [-0.3, -0.25) is 19.2 Å². The first-order valence-electron chi connectivity index (χ1n) is 12.9. The monoisotopic (exact) mass is 568 g/mol. The summed E-state index contributed by atoms with van der Waals surface area (Å²) in [5.74, 6) is -4.54. The van der Waals surface area contributed by atoms with Crippen LogP contribution < -0.4 is 20.7 Å². The molecule has 3 rings (SSSR count). The SMILES string of the molecule is COC(=O)C(=O)N1CCC[C@H]1C(=O)N[C@H](Cc1ccccc1)C(=O)NCCC(=O)Nc1ccccc1OCC(=O)O. The predicted molar refractivity (Wildman–Crippen MR) is 145 cm³/mol. The van der Waals surface area contributed by atoms with E-state index >= 15 is 0 Å². The third kappa shape index (κ3) is 9.05. The van der Waals surface area contributed by atoms with Gasteiger partial charge in [-0.25, -0.2) is 9.59 Å². The van der Waals surface area contributed by atoms with Crippen LogP contribution in [0.25, 0.3) is 0 Å². The molecule has 2 aromatic rings. The number of methoxy groups -OCH3 is 1. The van der Waals surface area contributed by atoms with Gasteiger partial charge in [0.25, 0.3) is 0 Å². The van der Waals surface area contributed by atoms with Crippen LogP contribution in [0.15, 0.2) is 54.6 Å². The van der Waals surface area contributed by atoms with Gasteiger partial charge < -0.3 is 35.4 Å². The van der Waals surface area contributed by atoms with Crippen molar-refractivity contribution in [1.82, 2.24) is 15.5 Å². The number of amides is 4. The van der Waals surface area contributed by atoms with E-state index in [4.69, 9.17) is 9.84 Å². The number of hydrogen-bond donors (Lipinski definition) is 4. The van der Waals surface area contributed by atoms with Crippen molar-refractivity contribution in [3.05, 3.63) is 60.2 Å². The molecule has 4 N–H and O–H groups in total. The van der Waals surface area contributed by atoms with Crippen molar-refractivity contribution >= 4 is 41.3 Å². The quantitative estimate of drug-likeness (QED) is 0.209. The Morgan fingerprint density at radius 1 is 1.02 bits per heavy atom. The smallest absolute Gasteiger partial charge is 0.396 e. The van der Waals surface area contributed by atoms with E-state index in [9.17, 15) is 28.8 Å². The van der Waals surface area contributed by atoms with Crippen molar-refractivity contribution in [2.75, 3.05) is 32.1 Å². The number of benzene rings is 2. The molecule has 1 saturated heterocycles. The molecule has 41 heavy (non-hydrogen) atoms. The Balaban J connectivity index is 1.61. The van der Waals surface area contributed by atoms with E-state index < -0.39 is 54.3 Å². The second kappa shape index (κ2) is 15.0. The van der Waals surface area contributed by atoms with Crippen LogP contribution in [0.5, 0.6) is 5.75 Å². The van der Waals surface area contributed by atoms with Crippen molar-refractivity contribution in [3.8, 4) is 5.75 Å². The summed E-state index contributed by atoms with van der Waals surface area (Å²) in [6, 6.07) is 13.4. The van der Waals surface area contributed by atoms with Crippen LogP contribution in [0.2, 0.25) is 0 Å². The molecule has 1 aliphatic rings. The van der Waals surface area contributed by atoms with Gasteiger partial charge in [-0.05, 0) is 30.5 Å². The fourth-order valence-corrected chi connectivity index (χ4v) is 4.28. The van der Waals surface area contributed by atoms with Crippen LogP contribution in [0, 0.1) is 0 Å². The highest BCUT2D eigenvalue weighted by molar-refractivity contribution is 6.32. The number of nitrogens with one attached hydrogen (secondary N) is 3. The molecule has 0 spiro atoms. The highest BCUT2D eigenvalue weighted by atomic mass is 16.5. The number of likely N-dealkylation sites (tertiary alicyclic amines) is 1. The lowest BCUT2D eigenvalue weighted by atomic mass is 10.0. The second-order valence-corrected chi connectivity index (χ2v) is 9.17. The topological polar surface area (TPSA) is 180 Å². The molecule has 0 bridgehead atoms. The van der Waals surface area contributed by atoms with E-state index in [1.54, 1.807) is 42.5 Å². The van der Waals surface area contributed by atoms with Crippen LogP contribution in [0.1, 0.15) is 24.8 Å². The standard InChI is InChI=1S/C28H32N4O9/c1-40-28(39)27(38)32-15-7-11-21(32)26(37)31-20(16-18-8-3-2-4-9-18)25(36)29-14-13-23(33)30-19-10-5-6-12-22(19)41-17-24(34)35/h2-6,8-10,12,20-21H,7,11,13-17H2,1H3,(H,29,36)(H,30,33)(H,31,37)(H,34,35)/t20-,21+/m1/s1. The Morgan fingerprint density at radius 2 is 1.73 bits per heavy atom. The summed E-state index contributed by atoms with van der Waals surface area (Å²) in [6.07, 6.45) is 0.869. The number of carbonyl (C=O) groups is 6. The van der Waals surface area contributed by atoms with Gasteiger partial charge in [0, 0.05) is 25.9 Å². The maximum atomic E-state index is 13.1. The van der Waals surface area contributed by atoms with E-state index in [-0.39, 0.29) is 37.4 Å². The number of carboxylic acid groups (broad SMARTS) is 1. The van der Waals surface area contributed by atoms with Gasteiger partial charge in [0.15, 0.2) is 6.61 Å². The molecule has 4 amide bonds. The number of nitrogens with zero attached hydrogens (tertiary/aromatic N) is 1. The van der Waals surface area contributed by atoms with Gasteiger partial charge in [0.05, 0.1) is 12.8 Å². The molecule has 0 saturated carbocycles. The maximum Gasteiger partial charge on any atom is 0.396 e. The Bertz CT molecular complexity index is 1270. The Morgan fingerprint density at radius 3 is 2.44 bits per heavy atom. The lowest BCUT2D eigenvalue weighted by Gasteiger charge is -2.25. The zero-order chi connectivity index (χ0) is 29.8. The Labute approximate surface area is 236 Å². The molecule has 0 aromatic heterocycles. The molecule has 218 valence electrons. The molecule has 2 aromatic carbocycles. The van der Waals surface area contributed by atoms with E-state index in [0.29, 0.717) is 12.8 Å². The average molecular weight is 569 g/mol. The highest BCUT2D eigenvalue weighted by Gasteiger charge is 2.38. The van der Waals surface area contributed by atoms with Crippen LogP contribution in [-0.4, -0.2) is 84.5 Å². The van der Waals surface area contributed by atoms with E-state index in [1.165, 1.54) is 6.07 Å².